The van der Waals surface area contributed by atoms with E-state index in [1.54, 1.807) is 18.1 Å². The summed E-state index contributed by atoms with van der Waals surface area (Å²) >= 11 is 0. The van der Waals surface area contributed by atoms with E-state index in [0.717, 1.165) is 35.6 Å². The molecule has 0 bridgehead atoms. The van der Waals surface area contributed by atoms with Crippen molar-refractivity contribution in [3.05, 3.63) is 53.6 Å². The monoisotopic (exact) mass is 339 g/mol. The Morgan fingerprint density at radius 1 is 0.960 bits per heavy atom. The van der Waals surface area contributed by atoms with Crippen LogP contribution in [0.2, 0.25) is 0 Å². The highest BCUT2D eigenvalue weighted by Crippen LogP contribution is 2.32. The third-order valence-corrected chi connectivity index (χ3v) is 4.30. The summed E-state index contributed by atoms with van der Waals surface area (Å²) in [5.41, 5.74) is 2.22. The minimum absolute atomic E-state index is 0.409. The predicted octanol–water partition coefficient (Wildman–Crippen LogP) is 3.39. The molecule has 2 aromatic rings. The second kappa shape index (κ2) is 7.38. The number of anilines is 1. The normalized spacial score (nSPS) is 13.1. The highest BCUT2D eigenvalue weighted by atomic mass is 16.5. The standard InChI is InChI=1S/C20H21NO4/c1-14-6-5-7-17-18(14)21(20(23)19(17)22)12-3-4-13-25-16-10-8-15(24-2)9-11-16/h5-11H,3-4,12-13H2,1-2H3. The smallest absolute Gasteiger partial charge is 0.299 e. The van der Waals surface area contributed by atoms with Gasteiger partial charge in [-0.15, -0.1) is 0 Å². The first-order valence-corrected chi connectivity index (χ1v) is 8.34. The minimum atomic E-state index is -0.430. The number of fused-ring (bicyclic) bond motifs is 1. The van der Waals surface area contributed by atoms with Gasteiger partial charge in [0, 0.05) is 6.54 Å². The van der Waals surface area contributed by atoms with Crippen LogP contribution < -0.4 is 14.4 Å². The lowest BCUT2D eigenvalue weighted by Gasteiger charge is -2.18. The summed E-state index contributed by atoms with van der Waals surface area (Å²) in [6, 6.07) is 12.9. The van der Waals surface area contributed by atoms with Gasteiger partial charge >= 0.3 is 0 Å². The molecule has 5 nitrogen and oxygen atoms in total. The van der Waals surface area contributed by atoms with Gasteiger partial charge in [0.15, 0.2) is 0 Å². The van der Waals surface area contributed by atoms with Crippen LogP contribution in [0, 0.1) is 6.92 Å². The Balaban J connectivity index is 1.51. The predicted molar refractivity (Wildman–Crippen MR) is 95.6 cm³/mol. The summed E-state index contributed by atoms with van der Waals surface area (Å²) in [5, 5.41) is 0. The maximum atomic E-state index is 12.2. The number of hydrogen-bond acceptors (Lipinski definition) is 4. The van der Waals surface area contributed by atoms with Crippen LogP contribution in [0.5, 0.6) is 11.5 Å². The van der Waals surface area contributed by atoms with Gasteiger partial charge in [-0.1, -0.05) is 12.1 Å². The molecule has 1 heterocycles. The van der Waals surface area contributed by atoms with E-state index in [4.69, 9.17) is 9.47 Å². The molecule has 5 heteroatoms. The number of para-hydroxylation sites is 1. The van der Waals surface area contributed by atoms with E-state index in [1.165, 1.54) is 0 Å². The fourth-order valence-electron chi connectivity index (χ4n) is 2.99. The number of hydrogen-bond donors (Lipinski definition) is 0. The summed E-state index contributed by atoms with van der Waals surface area (Å²) in [6.07, 6.45) is 1.56. The molecule has 0 N–H and O–H groups in total. The minimum Gasteiger partial charge on any atom is -0.497 e. The third kappa shape index (κ3) is 3.50. The lowest BCUT2D eigenvalue weighted by molar-refractivity contribution is -0.114. The molecule has 1 amide bonds. The van der Waals surface area contributed by atoms with Gasteiger partial charge in [-0.25, -0.2) is 0 Å². The van der Waals surface area contributed by atoms with Crippen molar-refractivity contribution in [3.8, 4) is 11.5 Å². The highest BCUT2D eigenvalue weighted by molar-refractivity contribution is 6.52. The molecule has 3 rings (SSSR count). The zero-order valence-electron chi connectivity index (χ0n) is 14.5. The average molecular weight is 339 g/mol. The zero-order valence-corrected chi connectivity index (χ0v) is 14.5. The third-order valence-electron chi connectivity index (χ3n) is 4.30. The number of benzene rings is 2. The van der Waals surface area contributed by atoms with Crippen molar-refractivity contribution in [1.29, 1.82) is 0 Å². The van der Waals surface area contributed by atoms with Gasteiger partial charge in [0.25, 0.3) is 11.7 Å². The van der Waals surface area contributed by atoms with Crippen LogP contribution in [0.3, 0.4) is 0 Å². The lowest BCUT2D eigenvalue weighted by Crippen LogP contribution is -2.31. The molecule has 130 valence electrons. The molecule has 1 aliphatic heterocycles. The van der Waals surface area contributed by atoms with Gasteiger partial charge in [0.1, 0.15) is 11.5 Å². The molecule has 0 saturated heterocycles. The maximum Gasteiger partial charge on any atom is 0.299 e. The molecule has 2 aromatic carbocycles. The molecule has 0 unspecified atom stereocenters. The van der Waals surface area contributed by atoms with Crippen molar-refractivity contribution in [2.45, 2.75) is 19.8 Å². The van der Waals surface area contributed by atoms with Crippen LogP contribution in [0.4, 0.5) is 5.69 Å². The van der Waals surface area contributed by atoms with Crippen LogP contribution in [-0.2, 0) is 4.79 Å². The van der Waals surface area contributed by atoms with E-state index >= 15 is 0 Å². The molecular weight excluding hydrogens is 318 g/mol. The molecule has 0 atom stereocenters. The number of ether oxygens (including phenoxy) is 2. The number of unbranched alkanes of at least 4 members (excludes halogenated alkanes) is 1. The van der Waals surface area contributed by atoms with Crippen molar-refractivity contribution >= 4 is 17.4 Å². The number of carbonyl (C=O) groups excluding carboxylic acids is 2. The first-order chi connectivity index (χ1) is 12.1. The first kappa shape index (κ1) is 17.0. The Bertz CT molecular complexity index is 783. The van der Waals surface area contributed by atoms with Crippen LogP contribution in [0.15, 0.2) is 42.5 Å². The Kier molecular flexibility index (Phi) is 5.03. The van der Waals surface area contributed by atoms with E-state index < -0.39 is 11.7 Å². The van der Waals surface area contributed by atoms with Crippen LogP contribution in [-0.4, -0.2) is 32.0 Å². The van der Waals surface area contributed by atoms with Gasteiger partial charge in [-0.3, -0.25) is 9.59 Å². The SMILES string of the molecule is COc1ccc(OCCCCN2C(=O)C(=O)c3cccc(C)c32)cc1. The van der Waals surface area contributed by atoms with Crippen molar-refractivity contribution in [2.24, 2.45) is 0 Å². The van der Waals surface area contributed by atoms with E-state index in [-0.39, 0.29) is 0 Å². The number of carbonyl (C=O) groups is 2. The van der Waals surface area contributed by atoms with Gasteiger partial charge in [0.2, 0.25) is 0 Å². The van der Waals surface area contributed by atoms with E-state index in [2.05, 4.69) is 0 Å². The maximum absolute atomic E-state index is 12.2. The van der Waals surface area contributed by atoms with Crippen molar-refractivity contribution in [1.82, 2.24) is 0 Å². The van der Waals surface area contributed by atoms with Crippen LogP contribution in [0.25, 0.3) is 0 Å². The number of Topliss-reactive ketones (excluding diaryl/α,β-unsaturated/α-hetero) is 1. The Morgan fingerprint density at radius 2 is 1.68 bits per heavy atom. The number of aryl methyl sites for hydroxylation is 1. The van der Waals surface area contributed by atoms with E-state index in [1.807, 2.05) is 43.3 Å². The first-order valence-electron chi connectivity index (χ1n) is 8.34. The summed E-state index contributed by atoms with van der Waals surface area (Å²) in [6.45, 7) is 3.00. The molecule has 25 heavy (non-hydrogen) atoms. The van der Waals surface area contributed by atoms with Gasteiger partial charge in [-0.2, -0.15) is 0 Å². The lowest BCUT2D eigenvalue weighted by atomic mass is 10.1. The number of nitrogens with zero attached hydrogens (tertiary/aromatic N) is 1. The Morgan fingerprint density at radius 3 is 2.40 bits per heavy atom. The van der Waals surface area contributed by atoms with Crippen LogP contribution >= 0.6 is 0 Å². The fraction of sp³-hybridized carbons (Fsp3) is 0.300. The Labute approximate surface area is 147 Å². The molecule has 0 radical (unpaired) electrons. The van der Waals surface area contributed by atoms with Gasteiger partial charge in [0.05, 0.1) is 25.0 Å². The average Bonchev–Trinajstić information content (AvgIpc) is 2.88. The number of rotatable bonds is 7. The second-order valence-corrected chi connectivity index (χ2v) is 5.99. The largest absolute Gasteiger partial charge is 0.497 e. The number of methoxy groups -OCH3 is 1. The fourth-order valence-corrected chi connectivity index (χ4v) is 2.99. The molecule has 0 aliphatic carbocycles. The zero-order chi connectivity index (χ0) is 17.8. The summed E-state index contributed by atoms with van der Waals surface area (Å²) in [5.74, 6) is 0.738. The quantitative estimate of drug-likeness (QED) is 0.573. The van der Waals surface area contributed by atoms with Gasteiger partial charge < -0.3 is 14.4 Å². The topological polar surface area (TPSA) is 55.8 Å². The summed E-state index contributed by atoms with van der Waals surface area (Å²) in [4.78, 5) is 25.9. The van der Waals surface area contributed by atoms with Gasteiger partial charge in [-0.05, 0) is 55.7 Å². The van der Waals surface area contributed by atoms with Crippen molar-refractivity contribution in [2.75, 3.05) is 25.2 Å². The number of amides is 1. The van der Waals surface area contributed by atoms with E-state index in [0.29, 0.717) is 18.7 Å². The molecule has 0 fully saturated rings. The molecule has 0 spiro atoms. The summed E-state index contributed by atoms with van der Waals surface area (Å²) < 4.78 is 10.8. The van der Waals surface area contributed by atoms with E-state index in [9.17, 15) is 9.59 Å². The second-order valence-electron chi connectivity index (χ2n) is 5.99. The van der Waals surface area contributed by atoms with Crippen molar-refractivity contribution in [3.63, 3.8) is 0 Å². The summed E-state index contributed by atoms with van der Waals surface area (Å²) in [7, 11) is 1.63. The van der Waals surface area contributed by atoms with Crippen LogP contribution in [0.1, 0.15) is 28.8 Å². The van der Waals surface area contributed by atoms with Crippen molar-refractivity contribution < 1.29 is 19.1 Å². The molecule has 1 aliphatic rings. The highest BCUT2D eigenvalue weighted by Gasteiger charge is 2.36. The number of ketones is 1. The molecular formula is C20H21NO4. The molecule has 0 saturated carbocycles. The Hall–Kier alpha value is -2.82. The molecule has 0 aromatic heterocycles.